The van der Waals surface area contributed by atoms with E-state index in [0.29, 0.717) is 5.11 Å². The summed E-state index contributed by atoms with van der Waals surface area (Å²) in [6, 6.07) is 24.1. The quantitative estimate of drug-likeness (QED) is 0.403. The van der Waals surface area contributed by atoms with E-state index in [2.05, 4.69) is 50.4 Å². The minimum atomic E-state index is -0.0472. The average Bonchev–Trinajstić information content (AvgIpc) is 3.39. The van der Waals surface area contributed by atoms with Gasteiger partial charge < -0.3 is 19.5 Å². The van der Waals surface area contributed by atoms with E-state index in [9.17, 15) is 0 Å². The molecule has 0 saturated carbocycles. The molecule has 1 saturated heterocycles. The topological polar surface area (TPSA) is 42.3 Å². The first kappa shape index (κ1) is 20.3. The SMILES string of the molecule is Cc1ccccc1Oc1ccc(N2C(=S)N[C@@H](c3ccccn3)[C@H]2c2ccn(C)c2)cc1. The predicted molar refractivity (Wildman–Crippen MR) is 131 cm³/mol. The number of nitrogens with zero attached hydrogens (tertiary/aromatic N) is 3. The van der Waals surface area contributed by atoms with Crippen molar-refractivity contribution < 1.29 is 4.74 Å². The van der Waals surface area contributed by atoms with Gasteiger partial charge in [0.2, 0.25) is 0 Å². The van der Waals surface area contributed by atoms with Gasteiger partial charge in [0.05, 0.1) is 17.8 Å². The lowest BCUT2D eigenvalue weighted by Gasteiger charge is -2.27. The summed E-state index contributed by atoms with van der Waals surface area (Å²) < 4.78 is 8.14. The van der Waals surface area contributed by atoms with Gasteiger partial charge in [-0.15, -0.1) is 0 Å². The molecule has 0 unspecified atom stereocenters. The van der Waals surface area contributed by atoms with E-state index in [4.69, 9.17) is 17.0 Å². The fraction of sp³-hybridized carbons (Fsp3) is 0.154. The number of ether oxygens (including phenoxy) is 1. The van der Waals surface area contributed by atoms with Crippen LogP contribution in [0.4, 0.5) is 5.69 Å². The third-order valence-corrected chi connectivity index (χ3v) is 6.05. The summed E-state index contributed by atoms with van der Waals surface area (Å²) in [5.74, 6) is 1.65. The Morgan fingerprint density at radius 1 is 0.969 bits per heavy atom. The Hall–Kier alpha value is -3.64. The number of benzene rings is 2. The van der Waals surface area contributed by atoms with Crippen LogP contribution < -0.4 is 15.0 Å². The Kier molecular flexibility index (Phi) is 5.37. The molecule has 32 heavy (non-hydrogen) atoms. The van der Waals surface area contributed by atoms with Crippen LogP contribution in [0.1, 0.15) is 28.9 Å². The summed E-state index contributed by atoms with van der Waals surface area (Å²) in [5, 5.41) is 4.18. The summed E-state index contributed by atoms with van der Waals surface area (Å²) in [6.45, 7) is 2.04. The molecule has 0 radical (unpaired) electrons. The van der Waals surface area contributed by atoms with E-state index in [0.717, 1.165) is 28.4 Å². The van der Waals surface area contributed by atoms with Crippen molar-refractivity contribution in [2.24, 2.45) is 7.05 Å². The zero-order valence-corrected chi connectivity index (χ0v) is 18.8. The Balaban J connectivity index is 1.48. The normalized spacial score (nSPS) is 17.9. The molecule has 2 aromatic heterocycles. The van der Waals surface area contributed by atoms with Crippen LogP contribution in [0.5, 0.6) is 11.5 Å². The Morgan fingerprint density at radius 2 is 1.75 bits per heavy atom. The molecule has 6 heteroatoms. The van der Waals surface area contributed by atoms with Crippen LogP contribution in [0.25, 0.3) is 0 Å². The molecule has 1 aliphatic heterocycles. The minimum absolute atomic E-state index is 0.0123. The van der Waals surface area contributed by atoms with Crippen LogP contribution in [-0.2, 0) is 7.05 Å². The number of thiocarbonyl (C=S) groups is 1. The van der Waals surface area contributed by atoms with E-state index in [1.807, 2.05) is 74.8 Å². The van der Waals surface area contributed by atoms with Crippen molar-refractivity contribution in [3.8, 4) is 11.5 Å². The number of rotatable bonds is 5. The molecular formula is C26H24N4OS. The zero-order chi connectivity index (χ0) is 22.1. The number of hydrogen-bond acceptors (Lipinski definition) is 3. The number of nitrogens with one attached hydrogen (secondary N) is 1. The highest BCUT2D eigenvalue weighted by molar-refractivity contribution is 7.80. The number of hydrogen-bond donors (Lipinski definition) is 1. The van der Waals surface area contributed by atoms with E-state index < -0.39 is 0 Å². The van der Waals surface area contributed by atoms with Gasteiger partial charge in [-0.2, -0.15) is 0 Å². The Bertz CT molecular complexity index is 1240. The highest BCUT2D eigenvalue weighted by Crippen LogP contribution is 2.42. The van der Waals surface area contributed by atoms with Crippen molar-refractivity contribution in [2.45, 2.75) is 19.0 Å². The molecule has 5 rings (SSSR count). The van der Waals surface area contributed by atoms with E-state index in [1.54, 1.807) is 0 Å². The molecule has 1 aliphatic rings. The lowest BCUT2D eigenvalue weighted by Crippen LogP contribution is -2.29. The highest BCUT2D eigenvalue weighted by Gasteiger charge is 2.40. The lowest BCUT2D eigenvalue weighted by atomic mass is 9.98. The van der Waals surface area contributed by atoms with Crippen molar-refractivity contribution in [3.63, 3.8) is 0 Å². The van der Waals surface area contributed by atoms with Crippen LogP contribution in [0.3, 0.4) is 0 Å². The fourth-order valence-corrected chi connectivity index (χ4v) is 4.49. The van der Waals surface area contributed by atoms with Crippen LogP contribution in [0.15, 0.2) is 91.4 Å². The number of para-hydroxylation sites is 1. The van der Waals surface area contributed by atoms with Crippen LogP contribution >= 0.6 is 12.2 Å². The first-order valence-electron chi connectivity index (χ1n) is 10.6. The van der Waals surface area contributed by atoms with Crippen LogP contribution in [0.2, 0.25) is 0 Å². The molecule has 2 aromatic carbocycles. The van der Waals surface area contributed by atoms with E-state index in [-0.39, 0.29) is 12.1 Å². The largest absolute Gasteiger partial charge is 0.457 e. The maximum atomic E-state index is 6.08. The average molecular weight is 441 g/mol. The van der Waals surface area contributed by atoms with Gasteiger partial charge in [-0.1, -0.05) is 24.3 Å². The smallest absolute Gasteiger partial charge is 0.174 e. The third kappa shape index (κ3) is 3.85. The van der Waals surface area contributed by atoms with Crippen LogP contribution in [-0.4, -0.2) is 14.7 Å². The molecule has 160 valence electrons. The summed E-state index contributed by atoms with van der Waals surface area (Å²) in [4.78, 5) is 6.77. The number of anilines is 1. The fourth-order valence-electron chi connectivity index (χ4n) is 4.14. The number of aryl methyl sites for hydroxylation is 2. The molecule has 4 aromatic rings. The number of pyridine rings is 1. The van der Waals surface area contributed by atoms with E-state index >= 15 is 0 Å². The Labute approximate surface area is 193 Å². The van der Waals surface area contributed by atoms with Crippen LogP contribution in [0, 0.1) is 6.92 Å². The molecule has 1 N–H and O–H groups in total. The summed E-state index contributed by atoms with van der Waals surface area (Å²) >= 11 is 5.79. The van der Waals surface area contributed by atoms with Crippen molar-refractivity contribution >= 4 is 23.0 Å². The van der Waals surface area contributed by atoms with Gasteiger partial charge >= 0.3 is 0 Å². The van der Waals surface area contributed by atoms with Crippen molar-refractivity contribution in [3.05, 3.63) is 108 Å². The molecular weight excluding hydrogens is 416 g/mol. The standard InChI is InChI=1S/C26H24N4OS/c1-18-7-3-4-9-23(18)31-21-12-10-20(11-13-21)30-25(19-14-16-29(2)17-19)24(28-26(30)32)22-8-5-6-15-27-22/h3-17,24-25H,1-2H3,(H,28,32)/t24-,25+/m0/s1. The molecule has 5 nitrogen and oxygen atoms in total. The first-order chi connectivity index (χ1) is 15.6. The third-order valence-electron chi connectivity index (χ3n) is 5.73. The van der Waals surface area contributed by atoms with Gasteiger partial charge in [-0.25, -0.2) is 0 Å². The maximum absolute atomic E-state index is 6.08. The monoisotopic (exact) mass is 440 g/mol. The molecule has 2 atom stereocenters. The Morgan fingerprint density at radius 3 is 2.44 bits per heavy atom. The molecule has 1 fully saturated rings. The van der Waals surface area contributed by atoms with Crippen molar-refractivity contribution in [1.29, 1.82) is 0 Å². The van der Waals surface area contributed by atoms with Gasteiger partial charge in [0.15, 0.2) is 5.11 Å². The lowest BCUT2D eigenvalue weighted by molar-refractivity contribution is 0.479. The molecule has 0 bridgehead atoms. The molecule has 3 heterocycles. The van der Waals surface area contributed by atoms with Gasteiger partial charge in [0.25, 0.3) is 0 Å². The number of aromatic nitrogens is 2. The van der Waals surface area contributed by atoms with Gasteiger partial charge in [-0.3, -0.25) is 4.98 Å². The van der Waals surface area contributed by atoms with Crippen molar-refractivity contribution in [1.82, 2.24) is 14.9 Å². The second-order valence-corrected chi connectivity index (χ2v) is 8.36. The van der Waals surface area contributed by atoms with Crippen molar-refractivity contribution in [2.75, 3.05) is 4.90 Å². The zero-order valence-electron chi connectivity index (χ0n) is 18.0. The van der Waals surface area contributed by atoms with Gasteiger partial charge in [0, 0.05) is 31.3 Å². The second kappa shape index (κ2) is 8.48. The molecule has 0 aliphatic carbocycles. The maximum Gasteiger partial charge on any atom is 0.174 e. The predicted octanol–water partition coefficient (Wildman–Crippen LogP) is 5.70. The van der Waals surface area contributed by atoms with E-state index in [1.165, 1.54) is 5.56 Å². The van der Waals surface area contributed by atoms with Gasteiger partial charge in [0.1, 0.15) is 11.5 Å². The summed E-state index contributed by atoms with van der Waals surface area (Å²) in [7, 11) is 2.03. The first-order valence-corrected chi connectivity index (χ1v) is 11.0. The molecule has 0 spiro atoms. The summed E-state index contributed by atoms with van der Waals surface area (Å²) in [6.07, 6.45) is 6.02. The second-order valence-electron chi connectivity index (χ2n) is 7.97. The van der Waals surface area contributed by atoms with Gasteiger partial charge in [-0.05, 0) is 78.8 Å². The highest BCUT2D eigenvalue weighted by atomic mass is 32.1. The summed E-state index contributed by atoms with van der Waals surface area (Å²) in [5.41, 5.74) is 4.25. The minimum Gasteiger partial charge on any atom is -0.457 e. The molecule has 0 amide bonds.